The lowest BCUT2D eigenvalue weighted by Crippen LogP contribution is -2.56. The summed E-state index contributed by atoms with van der Waals surface area (Å²) in [7, 11) is 0. The molecule has 3 heterocycles. The van der Waals surface area contributed by atoms with Gasteiger partial charge < -0.3 is 19.3 Å². The molecule has 3 aliphatic heterocycles. The number of urea groups is 1. The molecule has 2 saturated heterocycles. The summed E-state index contributed by atoms with van der Waals surface area (Å²) in [5, 5.41) is 0. The van der Waals surface area contributed by atoms with Crippen LogP contribution in [0.1, 0.15) is 62.0 Å². The molecule has 9 nitrogen and oxygen atoms in total. The molecule has 3 aromatic carbocycles. The Morgan fingerprint density at radius 2 is 1.45 bits per heavy atom. The lowest BCUT2D eigenvalue weighted by molar-refractivity contribution is -0.136. The summed E-state index contributed by atoms with van der Waals surface area (Å²) in [6, 6.07) is 16.7. The van der Waals surface area contributed by atoms with Gasteiger partial charge in [-0.25, -0.2) is 13.6 Å². The molecule has 0 spiro atoms. The van der Waals surface area contributed by atoms with Crippen LogP contribution in [0.2, 0.25) is 0 Å². The zero-order valence-electron chi connectivity index (χ0n) is 28.7. The molecule has 2 fully saturated rings. The second kappa shape index (κ2) is 14.6. The molecule has 260 valence electrons. The zero-order chi connectivity index (χ0) is 34.7. The van der Waals surface area contributed by atoms with E-state index in [9.17, 15) is 18.4 Å². The van der Waals surface area contributed by atoms with Crippen molar-refractivity contribution in [3.05, 3.63) is 101 Å². The highest BCUT2D eigenvalue weighted by atomic mass is 19.1. The van der Waals surface area contributed by atoms with Crippen LogP contribution in [-0.2, 0) is 14.9 Å². The number of carbonyl (C=O) groups excluding carboxylic acids is 2. The maximum atomic E-state index is 14.8. The number of halogens is 2. The highest BCUT2D eigenvalue weighted by Gasteiger charge is 2.45. The van der Waals surface area contributed by atoms with Crippen molar-refractivity contribution >= 4 is 17.8 Å². The first-order valence-electron chi connectivity index (χ1n) is 17.1. The quantitative estimate of drug-likeness (QED) is 0.317. The Labute approximate surface area is 287 Å². The van der Waals surface area contributed by atoms with Crippen molar-refractivity contribution in [2.45, 2.75) is 45.2 Å². The average Bonchev–Trinajstić information content (AvgIpc) is 3.49. The molecule has 49 heavy (non-hydrogen) atoms. The van der Waals surface area contributed by atoms with Crippen LogP contribution in [0.3, 0.4) is 0 Å². The van der Waals surface area contributed by atoms with Gasteiger partial charge in [0.25, 0.3) is 0 Å². The van der Waals surface area contributed by atoms with Gasteiger partial charge in [0, 0.05) is 39.3 Å². The lowest BCUT2D eigenvalue weighted by atomic mass is 9.86. The van der Waals surface area contributed by atoms with Gasteiger partial charge in [-0.15, -0.1) is 0 Å². The second-order valence-electron chi connectivity index (χ2n) is 13.7. The minimum absolute atomic E-state index is 0.0673. The van der Waals surface area contributed by atoms with Crippen molar-refractivity contribution in [2.75, 3.05) is 65.6 Å². The lowest BCUT2D eigenvalue weighted by Gasteiger charge is -2.39. The second-order valence-corrected chi connectivity index (χ2v) is 13.7. The Morgan fingerprint density at radius 3 is 2.04 bits per heavy atom. The van der Waals surface area contributed by atoms with E-state index >= 15 is 0 Å². The molecular weight excluding hydrogens is 628 g/mol. The van der Waals surface area contributed by atoms with Crippen molar-refractivity contribution in [1.82, 2.24) is 19.6 Å². The van der Waals surface area contributed by atoms with Gasteiger partial charge in [-0.3, -0.25) is 19.6 Å². The Morgan fingerprint density at radius 1 is 0.837 bits per heavy atom. The summed E-state index contributed by atoms with van der Waals surface area (Å²) >= 11 is 0. The monoisotopic (exact) mass is 673 g/mol. The number of carbonyl (C=O) groups is 2. The molecule has 2 atom stereocenters. The number of amidine groups is 1. The van der Waals surface area contributed by atoms with Crippen LogP contribution < -0.4 is 4.74 Å². The van der Waals surface area contributed by atoms with E-state index in [4.69, 9.17) is 14.5 Å². The number of amides is 3. The van der Waals surface area contributed by atoms with E-state index in [-0.39, 0.29) is 23.2 Å². The summed E-state index contributed by atoms with van der Waals surface area (Å²) in [6.07, 6.45) is 0. The van der Waals surface area contributed by atoms with E-state index in [1.807, 2.05) is 30.0 Å². The van der Waals surface area contributed by atoms with E-state index in [1.54, 1.807) is 34.1 Å². The van der Waals surface area contributed by atoms with Crippen LogP contribution in [-0.4, -0.2) is 103 Å². The topological polar surface area (TPSA) is 77.9 Å². The third-order valence-electron chi connectivity index (χ3n) is 9.45. The Hall–Kier alpha value is -4.35. The Bertz CT molecular complexity index is 1660. The summed E-state index contributed by atoms with van der Waals surface area (Å²) < 4.78 is 39.9. The third-order valence-corrected chi connectivity index (χ3v) is 9.45. The maximum Gasteiger partial charge on any atom is 0.326 e. The van der Waals surface area contributed by atoms with Gasteiger partial charge in [-0.1, -0.05) is 51.1 Å². The Kier molecular flexibility index (Phi) is 10.3. The number of benzene rings is 3. The molecule has 0 saturated carbocycles. The molecule has 2 unspecified atom stereocenters. The number of morpholine rings is 1. The van der Waals surface area contributed by atoms with E-state index in [0.29, 0.717) is 88.3 Å². The van der Waals surface area contributed by atoms with Crippen molar-refractivity contribution in [1.29, 1.82) is 0 Å². The molecule has 6 rings (SSSR count). The zero-order valence-corrected chi connectivity index (χ0v) is 28.7. The van der Waals surface area contributed by atoms with E-state index in [0.717, 1.165) is 11.1 Å². The van der Waals surface area contributed by atoms with Crippen molar-refractivity contribution in [2.24, 2.45) is 4.99 Å². The summed E-state index contributed by atoms with van der Waals surface area (Å²) in [5.74, 6) is 0.340. The Balaban J connectivity index is 1.37. The summed E-state index contributed by atoms with van der Waals surface area (Å²) in [4.78, 5) is 40.4. The van der Waals surface area contributed by atoms with Gasteiger partial charge in [0.15, 0.2) is 0 Å². The SMILES string of the molecule is CCOc1cc(C(C)(C)C)ccc1C1=NC(c2ccc(F)cc2)C(c2ccc(F)cc2)N1C(=O)N1CCN(CC(=O)N2CCOCC2)CC1. The largest absolute Gasteiger partial charge is 0.493 e. The minimum atomic E-state index is -0.647. The van der Waals surface area contributed by atoms with Crippen LogP contribution >= 0.6 is 0 Å². The number of nitrogens with zero attached hydrogens (tertiary/aromatic N) is 5. The third kappa shape index (κ3) is 7.63. The van der Waals surface area contributed by atoms with Gasteiger partial charge in [-0.2, -0.15) is 0 Å². The molecule has 11 heteroatoms. The highest BCUT2D eigenvalue weighted by Crippen LogP contribution is 2.45. The normalized spacial score (nSPS) is 20.4. The molecule has 3 aromatic rings. The number of hydrogen-bond donors (Lipinski definition) is 0. The van der Waals surface area contributed by atoms with Crippen molar-refractivity contribution in [3.8, 4) is 5.75 Å². The molecule has 3 aliphatic rings. The first-order valence-corrected chi connectivity index (χ1v) is 17.1. The number of rotatable bonds is 7. The highest BCUT2D eigenvalue weighted by molar-refractivity contribution is 6.11. The first-order chi connectivity index (χ1) is 23.5. The molecule has 0 bridgehead atoms. The van der Waals surface area contributed by atoms with E-state index in [2.05, 4.69) is 25.7 Å². The van der Waals surface area contributed by atoms with Crippen molar-refractivity contribution < 1.29 is 27.8 Å². The fraction of sp³-hybridized carbons (Fsp3) is 0.447. The molecule has 0 aliphatic carbocycles. The first kappa shape index (κ1) is 34.5. The van der Waals surface area contributed by atoms with Gasteiger partial charge in [0.1, 0.15) is 29.3 Å². The summed E-state index contributed by atoms with van der Waals surface area (Å²) in [5.41, 5.74) is 3.01. The molecule has 3 amide bonds. The van der Waals surface area contributed by atoms with Crippen LogP contribution in [0.5, 0.6) is 5.75 Å². The van der Waals surface area contributed by atoms with Gasteiger partial charge >= 0.3 is 6.03 Å². The molecule has 0 N–H and O–H groups in total. The van der Waals surface area contributed by atoms with Crippen LogP contribution in [0.4, 0.5) is 13.6 Å². The number of ether oxygens (including phenoxy) is 2. The fourth-order valence-corrected chi connectivity index (χ4v) is 6.66. The minimum Gasteiger partial charge on any atom is -0.493 e. The number of aliphatic imine (C=N–C) groups is 1. The van der Waals surface area contributed by atoms with Gasteiger partial charge in [0.2, 0.25) is 5.91 Å². The smallest absolute Gasteiger partial charge is 0.326 e. The van der Waals surface area contributed by atoms with Crippen LogP contribution in [0.15, 0.2) is 71.7 Å². The van der Waals surface area contributed by atoms with Crippen molar-refractivity contribution in [3.63, 3.8) is 0 Å². The predicted molar refractivity (Wildman–Crippen MR) is 184 cm³/mol. The summed E-state index contributed by atoms with van der Waals surface area (Å²) in [6.45, 7) is 13.2. The fourth-order valence-electron chi connectivity index (χ4n) is 6.66. The van der Waals surface area contributed by atoms with E-state index in [1.165, 1.54) is 24.3 Å². The molecule has 0 aromatic heterocycles. The predicted octanol–water partition coefficient (Wildman–Crippen LogP) is 5.80. The molecular formula is C38H45F2N5O4. The number of hydrogen-bond acceptors (Lipinski definition) is 6. The molecule has 0 radical (unpaired) electrons. The number of piperazine rings is 1. The maximum absolute atomic E-state index is 14.8. The van der Waals surface area contributed by atoms with Crippen LogP contribution in [0.25, 0.3) is 0 Å². The van der Waals surface area contributed by atoms with E-state index < -0.39 is 17.9 Å². The standard InChI is InChI=1S/C38H45F2N5O4/c1-5-49-32-24-28(38(2,3)4)10-15-31(32)36-41-34(26-6-11-29(39)12-7-26)35(27-8-13-30(40)14-9-27)45(36)37(47)44-18-16-42(17-19-44)25-33(46)43-20-22-48-23-21-43/h6-15,24,34-35H,5,16-23,25H2,1-4H3. The van der Waals surface area contributed by atoms with Gasteiger partial charge in [0.05, 0.1) is 38.0 Å². The van der Waals surface area contributed by atoms with Crippen LogP contribution in [0, 0.1) is 11.6 Å². The average molecular weight is 674 g/mol. The van der Waals surface area contributed by atoms with Gasteiger partial charge in [-0.05, 0) is 65.4 Å².